The Bertz CT molecular complexity index is 1150. The van der Waals surface area contributed by atoms with E-state index in [0.717, 1.165) is 30.6 Å². The van der Waals surface area contributed by atoms with E-state index >= 15 is 0 Å². The molecule has 1 aliphatic rings. The molecular formula is C23H20N4O. The summed E-state index contributed by atoms with van der Waals surface area (Å²) in [5.41, 5.74) is 6.09. The maximum absolute atomic E-state index is 12.7. The Kier molecular flexibility index (Phi) is 4.05. The van der Waals surface area contributed by atoms with E-state index in [1.807, 2.05) is 18.2 Å². The molecule has 0 unspecified atom stereocenters. The van der Waals surface area contributed by atoms with Crippen molar-refractivity contribution in [3.05, 3.63) is 89.7 Å². The van der Waals surface area contributed by atoms with Gasteiger partial charge in [0.1, 0.15) is 5.65 Å². The standard InChI is InChI=1S/C23H20N4O/c28-23(20-10-13-25-22-19(20)9-12-24-22)26-18-7-5-16(6-8-18)15-27-14-11-17-3-1-2-4-21(17)27/h1-10,12-13H,11,14-15H2,(H,24,25)(H,26,28). The zero-order chi connectivity index (χ0) is 18.9. The minimum Gasteiger partial charge on any atom is -0.367 e. The summed E-state index contributed by atoms with van der Waals surface area (Å²) >= 11 is 0. The molecule has 0 bridgehead atoms. The molecule has 28 heavy (non-hydrogen) atoms. The Balaban J connectivity index is 1.29. The highest BCUT2D eigenvalue weighted by molar-refractivity contribution is 6.11. The van der Waals surface area contributed by atoms with Crippen LogP contribution in [0.2, 0.25) is 0 Å². The summed E-state index contributed by atoms with van der Waals surface area (Å²) in [6, 6.07) is 20.3. The van der Waals surface area contributed by atoms with Gasteiger partial charge in [-0.1, -0.05) is 30.3 Å². The molecule has 0 fully saturated rings. The topological polar surface area (TPSA) is 61.0 Å². The molecule has 5 rings (SSSR count). The third-order valence-corrected chi connectivity index (χ3v) is 5.27. The number of pyridine rings is 1. The number of rotatable bonds is 4. The fourth-order valence-electron chi connectivity index (χ4n) is 3.84. The summed E-state index contributed by atoms with van der Waals surface area (Å²) in [5.74, 6) is -0.131. The van der Waals surface area contributed by atoms with Crippen molar-refractivity contribution >= 4 is 28.3 Å². The summed E-state index contributed by atoms with van der Waals surface area (Å²) in [4.78, 5) is 22.3. The van der Waals surface area contributed by atoms with Crippen molar-refractivity contribution in [3.8, 4) is 0 Å². The molecule has 2 aromatic carbocycles. The zero-order valence-corrected chi connectivity index (χ0v) is 15.4. The van der Waals surface area contributed by atoms with Crippen molar-refractivity contribution in [2.75, 3.05) is 16.8 Å². The van der Waals surface area contributed by atoms with Gasteiger partial charge in [-0.3, -0.25) is 4.79 Å². The lowest BCUT2D eigenvalue weighted by Gasteiger charge is -2.19. The van der Waals surface area contributed by atoms with Crippen LogP contribution in [-0.4, -0.2) is 22.4 Å². The number of anilines is 2. The normalized spacial score (nSPS) is 12.9. The van der Waals surface area contributed by atoms with E-state index < -0.39 is 0 Å². The van der Waals surface area contributed by atoms with Crippen molar-refractivity contribution in [1.29, 1.82) is 0 Å². The van der Waals surface area contributed by atoms with Crippen LogP contribution in [0.3, 0.4) is 0 Å². The average Bonchev–Trinajstić information content (AvgIpc) is 3.36. The molecule has 1 aliphatic heterocycles. The number of H-pyrrole nitrogens is 1. The number of nitrogens with one attached hydrogen (secondary N) is 2. The molecule has 5 heteroatoms. The minimum atomic E-state index is -0.131. The second-order valence-electron chi connectivity index (χ2n) is 7.05. The number of aromatic nitrogens is 2. The van der Waals surface area contributed by atoms with Gasteiger partial charge in [-0.2, -0.15) is 0 Å². The first kappa shape index (κ1) is 16.6. The first-order valence-electron chi connectivity index (χ1n) is 9.43. The van der Waals surface area contributed by atoms with Gasteiger partial charge in [-0.25, -0.2) is 4.98 Å². The smallest absolute Gasteiger partial charge is 0.256 e. The van der Waals surface area contributed by atoms with Gasteiger partial charge >= 0.3 is 0 Å². The SMILES string of the molecule is O=C(Nc1ccc(CN2CCc3ccccc32)cc1)c1ccnc2[nH]ccc12. The number of hydrogen-bond acceptors (Lipinski definition) is 3. The number of amides is 1. The molecule has 5 nitrogen and oxygen atoms in total. The average molecular weight is 368 g/mol. The lowest BCUT2D eigenvalue weighted by Crippen LogP contribution is -2.19. The monoisotopic (exact) mass is 368 g/mol. The number of carbonyl (C=O) groups is 1. The summed E-state index contributed by atoms with van der Waals surface area (Å²) < 4.78 is 0. The molecule has 0 saturated carbocycles. The largest absolute Gasteiger partial charge is 0.367 e. The van der Waals surface area contributed by atoms with Crippen LogP contribution < -0.4 is 10.2 Å². The van der Waals surface area contributed by atoms with E-state index in [-0.39, 0.29) is 5.91 Å². The highest BCUT2D eigenvalue weighted by Crippen LogP contribution is 2.29. The quantitative estimate of drug-likeness (QED) is 0.562. The maximum atomic E-state index is 12.7. The van der Waals surface area contributed by atoms with E-state index in [1.165, 1.54) is 16.8 Å². The van der Waals surface area contributed by atoms with Crippen LogP contribution in [0.5, 0.6) is 0 Å². The first-order chi connectivity index (χ1) is 13.8. The van der Waals surface area contributed by atoms with Crippen LogP contribution in [0.1, 0.15) is 21.5 Å². The summed E-state index contributed by atoms with van der Waals surface area (Å²) in [6.45, 7) is 1.92. The molecule has 2 aromatic heterocycles. The van der Waals surface area contributed by atoms with Crippen molar-refractivity contribution in [1.82, 2.24) is 9.97 Å². The van der Waals surface area contributed by atoms with E-state index in [1.54, 1.807) is 18.5 Å². The molecule has 0 spiro atoms. The van der Waals surface area contributed by atoms with Crippen LogP contribution in [0.4, 0.5) is 11.4 Å². The Labute approximate surface area is 163 Å². The van der Waals surface area contributed by atoms with Gasteiger partial charge in [-0.15, -0.1) is 0 Å². The fourth-order valence-corrected chi connectivity index (χ4v) is 3.84. The third kappa shape index (κ3) is 3.01. The molecule has 2 N–H and O–H groups in total. The van der Waals surface area contributed by atoms with Crippen LogP contribution >= 0.6 is 0 Å². The number of nitrogens with zero attached hydrogens (tertiary/aromatic N) is 2. The Hall–Kier alpha value is -3.60. The lowest BCUT2D eigenvalue weighted by atomic mass is 10.1. The van der Waals surface area contributed by atoms with E-state index in [0.29, 0.717) is 11.2 Å². The molecule has 0 aliphatic carbocycles. The van der Waals surface area contributed by atoms with Crippen molar-refractivity contribution in [3.63, 3.8) is 0 Å². The maximum Gasteiger partial charge on any atom is 0.256 e. The van der Waals surface area contributed by atoms with Crippen LogP contribution in [0.15, 0.2) is 73.1 Å². The predicted octanol–water partition coefficient (Wildman–Crippen LogP) is 4.38. The molecule has 0 radical (unpaired) electrons. The number of hydrogen-bond donors (Lipinski definition) is 2. The fraction of sp³-hybridized carbons (Fsp3) is 0.130. The highest BCUT2D eigenvalue weighted by Gasteiger charge is 2.18. The van der Waals surface area contributed by atoms with Gasteiger partial charge in [0, 0.05) is 42.2 Å². The zero-order valence-electron chi connectivity index (χ0n) is 15.4. The van der Waals surface area contributed by atoms with Gasteiger partial charge in [0.15, 0.2) is 0 Å². The lowest BCUT2D eigenvalue weighted by molar-refractivity contribution is 0.102. The summed E-state index contributed by atoms with van der Waals surface area (Å²) in [6.07, 6.45) is 4.54. The molecular weight excluding hydrogens is 348 g/mol. The highest BCUT2D eigenvalue weighted by atomic mass is 16.1. The number of para-hydroxylation sites is 1. The number of benzene rings is 2. The van der Waals surface area contributed by atoms with Crippen molar-refractivity contribution in [2.24, 2.45) is 0 Å². The minimum absolute atomic E-state index is 0.131. The van der Waals surface area contributed by atoms with Gasteiger partial charge in [0.05, 0.1) is 5.56 Å². The molecule has 3 heterocycles. The molecule has 1 amide bonds. The van der Waals surface area contributed by atoms with Gasteiger partial charge in [-0.05, 0) is 47.9 Å². The van der Waals surface area contributed by atoms with E-state index in [9.17, 15) is 4.79 Å². The van der Waals surface area contributed by atoms with Gasteiger partial charge in [0.2, 0.25) is 0 Å². The Morgan fingerprint density at radius 3 is 2.82 bits per heavy atom. The van der Waals surface area contributed by atoms with Crippen LogP contribution in [0.25, 0.3) is 11.0 Å². The predicted molar refractivity (Wildman–Crippen MR) is 112 cm³/mol. The number of carbonyl (C=O) groups excluding carboxylic acids is 1. The van der Waals surface area contributed by atoms with Crippen molar-refractivity contribution in [2.45, 2.75) is 13.0 Å². The van der Waals surface area contributed by atoms with E-state index in [2.05, 4.69) is 56.6 Å². The van der Waals surface area contributed by atoms with Gasteiger partial charge in [0.25, 0.3) is 5.91 Å². The Morgan fingerprint density at radius 1 is 1.07 bits per heavy atom. The first-order valence-corrected chi connectivity index (χ1v) is 9.43. The second-order valence-corrected chi connectivity index (χ2v) is 7.05. The van der Waals surface area contributed by atoms with E-state index in [4.69, 9.17) is 0 Å². The van der Waals surface area contributed by atoms with Crippen molar-refractivity contribution < 1.29 is 4.79 Å². The summed E-state index contributed by atoms with van der Waals surface area (Å²) in [5, 5.41) is 3.81. The number of fused-ring (bicyclic) bond motifs is 2. The Morgan fingerprint density at radius 2 is 1.93 bits per heavy atom. The van der Waals surface area contributed by atoms with Gasteiger partial charge < -0.3 is 15.2 Å². The second kappa shape index (κ2) is 6.85. The molecule has 0 saturated heterocycles. The molecule has 138 valence electrons. The van der Waals surface area contributed by atoms with Crippen LogP contribution in [0, 0.1) is 0 Å². The third-order valence-electron chi connectivity index (χ3n) is 5.27. The molecule has 0 atom stereocenters. The van der Waals surface area contributed by atoms with Crippen LogP contribution in [-0.2, 0) is 13.0 Å². The summed E-state index contributed by atoms with van der Waals surface area (Å²) in [7, 11) is 0. The molecule has 4 aromatic rings. The number of aromatic amines is 1.